The molecule has 0 bridgehead atoms. The minimum absolute atomic E-state index is 0.000477. The van der Waals surface area contributed by atoms with Crippen LogP contribution in [0.1, 0.15) is 60.8 Å². The predicted octanol–water partition coefficient (Wildman–Crippen LogP) is 2.97. The molecule has 2 aromatic rings. The molecule has 0 spiro atoms. The second-order valence-electron chi connectivity index (χ2n) is 6.03. The number of benzene rings is 1. The lowest BCUT2D eigenvalue weighted by Crippen LogP contribution is -2.32. The van der Waals surface area contributed by atoms with Gasteiger partial charge in [-0.2, -0.15) is 5.10 Å². The molecule has 128 valence electrons. The quantitative estimate of drug-likeness (QED) is 0.818. The number of rotatable bonds is 7. The van der Waals surface area contributed by atoms with Crippen LogP contribution in [0.15, 0.2) is 36.5 Å². The molecule has 2 rings (SSSR count). The van der Waals surface area contributed by atoms with Crippen LogP contribution in [-0.4, -0.2) is 26.8 Å². The normalized spacial score (nSPS) is 12.2. The Hall–Kier alpha value is -2.63. The van der Waals surface area contributed by atoms with Crippen LogP contribution in [0.4, 0.5) is 0 Å². The van der Waals surface area contributed by atoms with Crippen LogP contribution >= 0.6 is 0 Å². The van der Waals surface area contributed by atoms with Gasteiger partial charge in [-0.3, -0.25) is 4.79 Å². The molecular weight excluding hydrogens is 306 g/mol. The summed E-state index contributed by atoms with van der Waals surface area (Å²) in [4.78, 5) is 23.3. The zero-order chi connectivity index (χ0) is 17.7. The van der Waals surface area contributed by atoms with E-state index in [0.717, 1.165) is 12.0 Å². The molecule has 1 amide bonds. The average molecular weight is 329 g/mol. The Bertz CT molecular complexity index is 705. The van der Waals surface area contributed by atoms with Crippen molar-refractivity contribution in [2.24, 2.45) is 0 Å². The van der Waals surface area contributed by atoms with Crippen molar-refractivity contribution in [2.45, 2.75) is 45.7 Å². The van der Waals surface area contributed by atoms with E-state index in [4.69, 9.17) is 5.11 Å². The van der Waals surface area contributed by atoms with Crippen molar-refractivity contribution in [3.8, 4) is 0 Å². The van der Waals surface area contributed by atoms with Gasteiger partial charge in [-0.1, -0.05) is 45.0 Å². The molecule has 1 atom stereocenters. The van der Waals surface area contributed by atoms with E-state index in [1.54, 1.807) is 0 Å². The number of hydrogen-bond acceptors (Lipinski definition) is 3. The number of nitrogens with one attached hydrogen (secondary N) is 1. The Labute approximate surface area is 141 Å². The molecule has 24 heavy (non-hydrogen) atoms. The molecule has 0 aliphatic heterocycles. The Kier molecular flexibility index (Phi) is 5.73. The van der Waals surface area contributed by atoms with Crippen molar-refractivity contribution in [3.05, 3.63) is 53.3 Å². The highest BCUT2D eigenvalue weighted by Gasteiger charge is 2.16. The topological polar surface area (TPSA) is 84.2 Å². The summed E-state index contributed by atoms with van der Waals surface area (Å²) in [6.07, 6.45) is 2.12. The van der Waals surface area contributed by atoms with Gasteiger partial charge in [-0.15, -0.1) is 0 Å². The molecule has 6 nitrogen and oxygen atoms in total. The van der Waals surface area contributed by atoms with E-state index < -0.39 is 5.97 Å². The van der Waals surface area contributed by atoms with Gasteiger partial charge in [0.15, 0.2) is 0 Å². The second-order valence-corrected chi connectivity index (χ2v) is 6.03. The summed E-state index contributed by atoms with van der Waals surface area (Å²) in [5.74, 6) is -0.902. The van der Waals surface area contributed by atoms with Crippen molar-refractivity contribution in [2.75, 3.05) is 0 Å². The molecule has 0 aliphatic rings. The third-order valence-corrected chi connectivity index (χ3v) is 3.98. The Morgan fingerprint density at radius 3 is 2.33 bits per heavy atom. The maximum Gasteiger partial charge on any atom is 0.354 e. The first kappa shape index (κ1) is 17.7. The van der Waals surface area contributed by atoms with Gasteiger partial charge in [0.1, 0.15) is 12.2 Å². The smallest absolute Gasteiger partial charge is 0.354 e. The minimum Gasteiger partial charge on any atom is -0.477 e. The van der Waals surface area contributed by atoms with Gasteiger partial charge in [-0.05, 0) is 29.5 Å². The predicted molar refractivity (Wildman–Crippen MR) is 90.9 cm³/mol. The molecular formula is C18H23N3O3. The van der Waals surface area contributed by atoms with Crippen molar-refractivity contribution >= 4 is 11.9 Å². The van der Waals surface area contributed by atoms with Crippen LogP contribution in [0, 0.1) is 0 Å². The Morgan fingerprint density at radius 1 is 1.17 bits per heavy atom. The third-order valence-electron chi connectivity index (χ3n) is 3.98. The fraction of sp³-hybridized carbons (Fsp3) is 0.389. The van der Waals surface area contributed by atoms with Crippen LogP contribution < -0.4 is 5.32 Å². The summed E-state index contributed by atoms with van der Waals surface area (Å²) >= 11 is 0. The summed E-state index contributed by atoms with van der Waals surface area (Å²) in [6, 6.07) is 9.47. The summed E-state index contributed by atoms with van der Waals surface area (Å²) in [5.41, 5.74) is 2.29. The lowest BCUT2D eigenvalue weighted by atomic mass is 9.98. The zero-order valence-electron chi connectivity index (χ0n) is 14.2. The lowest BCUT2D eigenvalue weighted by Gasteiger charge is -2.18. The van der Waals surface area contributed by atoms with Gasteiger partial charge < -0.3 is 10.4 Å². The standard InChI is InChI=1S/C18H23N3O3/c1-4-15(14-7-5-13(6-8-14)12(2)3)20-17(22)11-21-16(18(23)24)9-10-19-21/h5-10,12,15H,4,11H2,1-3H3,(H,20,22)(H,23,24). The van der Waals surface area contributed by atoms with Gasteiger partial charge in [-0.25, -0.2) is 9.48 Å². The summed E-state index contributed by atoms with van der Waals surface area (Å²) in [5, 5.41) is 15.9. The SMILES string of the molecule is CCC(NC(=O)Cn1nccc1C(=O)O)c1ccc(C(C)C)cc1. The molecule has 0 fully saturated rings. The van der Waals surface area contributed by atoms with E-state index in [9.17, 15) is 9.59 Å². The number of carbonyl (C=O) groups excluding carboxylic acids is 1. The lowest BCUT2D eigenvalue weighted by molar-refractivity contribution is -0.122. The molecule has 1 aromatic heterocycles. The maximum absolute atomic E-state index is 12.2. The van der Waals surface area contributed by atoms with E-state index in [1.165, 1.54) is 22.5 Å². The second kappa shape index (κ2) is 7.77. The average Bonchev–Trinajstić information content (AvgIpc) is 3.01. The highest BCUT2D eigenvalue weighted by atomic mass is 16.4. The van der Waals surface area contributed by atoms with Crippen LogP contribution in [0.2, 0.25) is 0 Å². The largest absolute Gasteiger partial charge is 0.477 e. The molecule has 1 aromatic carbocycles. The first-order chi connectivity index (χ1) is 11.4. The molecule has 6 heteroatoms. The third kappa shape index (κ3) is 4.22. The van der Waals surface area contributed by atoms with Crippen LogP contribution in [0.25, 0.3) is 0 Å². The molecule has 0 saturated carbocycles. The Balaban J connectivity index is 2.05. The van der Waals surface area contributed by atoms with Gasteiger partial charge in [0.2, 0.25) is 5.91 Å². The van der Waals surface area contributed by atoms with Gasteiger partial charge in [0.25, 0.3) is 0 Å². The van der Waals surface area contributed by atoms with Crippen molar-refractivity contribution in [1.82, 2.24) is 15.1 Å². The number of aromatic carboxylic acids is 1. The number of nitrogens with zero attached hydrogens (tertiary/aromatic N) is 2. The van der Waals surface area contributed by atoms with Crippen LogP contribution in [-0.2, 0) is 11.3 Å². The van der Waals surface area contributed by atoms with E-state index in [2.05, 4.69) is 36.4 Å². The van der Waals surface area contributed by atoms with Crippen LogP contribution in [0.5, 0.6) is 0 Å². The van der Waals surface area contributed by atoms with Gasteiger partial charge in [0.05, 0.1) is 6.04 Å². The van der Waals surface area contributed by atoms with Gasteiger partial charge in [0, 0.05) is 6.20 Å². The van der Waals surface area contributed by atoms with E-state index >= 15 is 0 Å². The van der Waals surface area contributed by atoms with Gasteiger partial charge >= 0.3 is 5.97 Å². The highest BCUT2D eigenvalue weighted by Crippen LogP contribution is 2.20. The van der Waals surface area contributed by atoms with Crippen LogP contribution in [0.3, 0.4) is 0 Å². The zero-order valence-corrected chi connectivity index (χ0v) is 14.2. The molecule has 0 aliphatic carbocycles. The summed E-state index contributed by atoms with van der Waals surface area (Å²) in [6.45, 7) is 6.16. The fourth-order valence-electron chi connectivity index (χ4n) is 2.55. The summed E-state index contributed by atoms with van der Waals surface area (Å²) in [7, 11) is 0. The number of carbonyl (C=O) groups is 2. The van der Waals surface area contributed by atoms with E-state index in [0.29, 0.717) is 5.92 Å². The van der Waals surface area contributed by atoms with Crippen molar-refractivity contribution < 1.29 is 14.7 Å². The maximum atomic E-state index is 12.2. The highest BCUT2D eigenvalue weighted by molar-refractivity contribution is 5.86. The Morgan fingerprint density at radius 2 is 1.79 bits per heavy atom. The van der Waals surface area contributed by atoms with Crippen molar-refractivity contribution in [1.29, 1.82) is 0 Å². The number of amides is 1. The fourth-order valence-corrected chi connectivity index (χ4v) is 2.55. The van der Waals surface area contributed by atoms with E-state index in [1.807, 2.05) is 19.1 Å². The molecule has 0 radical (unpaired) electrons. The monoisotopic (exact) mass is 329 g/mol. The van der Waals surface area contributed by atoms with E-state index in [-0.39, 0.29) is 24.2 Å². The molecule has 1 unspecified atom stereocenters. The number of hydrogen-bond donors (Lipinski definition) is 2. The number of carboxylic acids is 1. The first-order valence-corrected chi connectivity index (χ1v) is 8.06. The molecule has 2 N–H and O–H groups in total. The number of carboxylic acid groups (broad SMARTS) is 1. The molecule has 1 heterocycles. The minimum atomic E-state index is -1.10. The summed E-state index contributed by atoms with van der Waals surface area (Å²) < 4.78 is 1.19. The number of aromatic nitrogens is 2. The van der Waals surface area contributed by atoms with Crippen molar-refractivity contribution in [3.63, 3.8) is 0 Å². The first-order valence-electron chi connectivity index (χ1n) is 8.06. The molecule has 0 saturated heterocycles.